The molecule has 3 atom stereocenters. The number of carbonyl (C=O) groups excluding carboxylic acids is 1. The number of carboxylic acids is 1. The van der Waals surface area contributed by atoms with Crippen molar-refractivity contribution in [1.82, 2.24) is 0 Å². The molecule has 0 heterocycles. The summed E-state index contributed by atoms with van der Waals surface area (Å²) in [6.07, 6.45) is 3.52. The Morgan fingerprint density at radius 1 is 1.22 bits per heavy atom. The van der Waals surface area contributed by atoms with Crippen LogP contribution in [0.15, 0.2) is 17.0 Å². The van der Waals surface area contributed by atoms with Crippen LogP contribution in [0, 0.1) is 11.3 Å². The minimum atomic E-state index is -4.60. The van der Waals surface area contributed by atoms with E-state index in [1.54, 1.807) is 13.0 Å². The van der Waals surface area contributed by atoms with Crippen molar-refractivity contribution < 1.29 is 22.9 Å². The van der Waals surface area contributed by atoms with Crippen molar-refractivity contribution in [1.29, 1.82) is 0 Å². The summed E-state index contributed by atoms with van der Waals surface area (Å²) in [4.78, 5) is 11.7. The second-order valence-electron chi connectivity index (χ2n) is 8.72. The van der Waals surface area contributed by atoms with Crippen LogP contribution in [-0.4, -0.2) is 56.7 Å². The SMILES string of the molecule is CC(C)c1cc2c(cc1S(=O)(=O)[O-])[C@]1(C)CCC[C@@](C)(C(=O)[O-])[C@H]1CC2.[Ca+2]. The maximum atomic E-state index is 11.9. The van der Waals surface area contributed by atoms with Gasteiger partial charge in [0, 0.05) is 11.4 Å². The molecule has 0 unspecified atom stereocenters. The Balaban J connectivity index is 0.00000261. The topological polar surface area (TPSA) is 97.3 Å². The summed E-state index contributed by atoms with van der Waals surface area (Å²) < 4.78 is 35.7. The van der Waals surface area contributed by atoms with Gasteiger partial charge in [0.2, 0.25) is 0 Å². The zero-order valence-electron chi connectivity index (χ0n) is 16.5. The first kappa shape index (κ1) is 23.1. The summed E-state index contributed by atoms with van der Waals surface area (Å²) in [5, 5.41) is 11.9. The molecule has 27 heavy (non-hydrogen) atoms. The fourth-order valence-corrected chi connectivity index (χ4v) is 6.27. The smallest absolute Gasteiger partial charge is 0.744 e. The fraction of sp³-hybridized carbons (Fsp3) is 0.650. The zero-order valence-corrected chi connectivity index (χ0v) is 19.5. The molecule has 2 aliphatic carbocycles. The molecule has 0 aromatic heterocycles. The Hall–Kier alpha value is -0.140. The average Bonchev–Trinajstić information content (AvgIpc) is 2.52. The van der Waals surface area contributed by atoms with E-state index in [2.05, 4.69) is 0 Å². The number of carbonyl (C=O) groups is 1. The maximum absolute atomic E-state index is 11.9. The number of carboxylic acid groups (broad SMARTS) is 1. The molecule has 0 spiro atoms. The second-order valence-corrected chi connectivity index (χ2v) is 10.1. The van der Waals surface area contributed by atoms with Gasteiger partial charge in [-0.15, -0.1) is 0 Å². The Morgan fingerprint density at radius 2 is 1.85 bits per heavy atom. The van der Waals surface area contributed by atoms with Gasteiger partial charge in [-0.1, -0.05) is 40.2 Å². The quantitative estimate of drug-likeness (QED) is 0.553. The van der Waals surface area contributed by atoms with Gasteiger partial charge in [-0.25, -0.2) is 8.42 Å². The van der Waals surface area contributed by atoms with Crippen molar-refractivity contribution in [2.75, 3.05) is 0 Å². The Bertz CT molecular complexity index is 863. The van der Waals surface area contributed by atoms with E-state index >= 15 is 0 Å². The van der Waals surface area contributed by atoms with Gasteiger partial charge in [-0.2, -0.15) is 0 Å². The van der Waals surface area contributed by atoms with Crippen LogP contribution in [0.5, 0.6) is 0 Å². The van der Waals surface area contributed by atoms with Crippen molar-refractivity contribution in [2.24, 2.45) is 11.3 Å². The largest absolute Gasteiger partial charge is 2.00 e. The van der Waals surface area contributed by atoms with E-state index in [0.29, 0.717) is 18.4 Å². The molecule has 1 fully saturated rings. The molecule has 0 amide bonds. The summed E-state index contributed by atoms with van der Waals surface area (Å²) in [5.74, 6) is -1.25. The monoisotopic (exact) mass is 418 g/mol. The second kappa shape index (κ2) is 7.60. The number of hydrogen-bond donors (Lipinski definition) is 0. The van der Waals surface area contributed by atoms with E-state index < -0.39 is 26.9 Å². The van der Waals surface area contributed by atoms with Gasteiger partial charge in [-0.05, 0) is 65.7 Å². The van der Waals surface area contributed by atoms with Gasteiger partial charge in [0.25, 0.3) is 0 Å². The third-order valence-electron chi connectivity index (χ3n) is 6.84. The van der Waals surface area contributed by atoms with E-state index in [1.807, 2.05) is 26.8 Å². The molecule has 1 saturated carbocycles. The number of fused-ring (bicyclic) bond motifs is 3. The third kappa shape index (κ3) is 3.73. The predicted octanol–water partition coefficient (Wildman–Crippen LogP) is 2.09. The molecular formula is C20H26CaO5S. The molecule has 0 aliphatic heterocycles. The first-order valence-corrected chi connectivity index (χ1v) is 10.7. The molecule has 0 radical (unpaired) electrons. The van der Waals surface area contributed by atoms with Gasteiger partial charge >= 0.3 is 37.7 Å². The van der Waals surface area contributed by atoms with Crippen molar-refractivity contribution in [3.63, 3.8) is 0 Å². The van der Waals surface area contributed by atoms with Gasteiger partial charge < -0.3 is 14.5 Å². The molecule has 0 N–H and O–H groups in total. The molecule has 7 heteroatoms. The Labute approximate surface area is 191 Å². The van der Waals surface area contributed by atoms with Crippen LogP contribution < -0.4 is 5.11 Å². The Kier molecular flexibility index (Phi) is 6.51. The minimum Gasteiger partial charge on any atom is -0.744 e. The molecule has 2 aliphatic rings. The molecule has 1 aromatic rings. The van der Waals surface area contributed by atoms with Crippen LogP contribution in [0.2, 0.25) is 0 Å². The molecule has 144 valence electrons. The summed E-state index contributed by atoms with van der Waals surface area (Å²) in [7, 11) is -4.60. The van der Waals surface area contributed by atoms with Gasteiger partial charge in [0.1, 0.15) is 10.1 Å². The van der Waals surface area contributed by atoms with Crippen molar-refractivity contribution in [3.8, 4) is 0 Å². The standard InChI is InChI=1S/C20H28O5S.Ca/c1-12(2)14-10-13-6-7-17-19(3,8-5-9-20(17,4)18(21)22)15(13)11-16(14)26(23,24)25;/h10-12,17H,5-9H2,1-4H3,(H,21,22)(H,23,24,25);/q;+2/p-2/t17-,19-,20+;/m0./s1. The molecular weight excluding hydrogens is 392 g/mol. The number of benzene rings is 1. The van der Waals surface area contributed by atoms with E-state index in [9.17, 15) is 22.9 Å². The van der Waals surface area contributed by atoms with Crippen LogP contribution in [0.1, 0.15) is 76.0 Å². The first-order chi connectivity index (χ1) is 11.9. The molecule has 5 nitrogen and oxygen atoms in total. The van der Waals surface area contributed by atoms with Crippen molar-refractivity contribution >= 4 is 53.8 Å². The fourth-order valence-electron chi connectivity index (χ4n) is 5.43. The average molecular weight is 419 g/mol. The van der Waals surface area contributed by atoms with E-state index in [0.717, 1.165) is 30.4 Å². The van der Waals surface area contributed by atoms with Gasteiger partial charge in [0.05, 0.1) is 4.90 Å². The van der Waals surface area contributed by atoms with Crippen LogP contribution in [0.3, 0.4) is 0 Å². The normalized spacial score (nSPS) is 30.2. The molecule has 0 bridgehead atoms. The number of aryl methyl sites for hydroxylation is 1. The van der Waals surface area contributed by atoms with Gasteiger partial charge in [0.15, 0.2) is 0 Å². The van der Waals surface area contributed by atoms with Crippen molar-refractivity contribution in [3.05, 3.63) is 28.8 Å². The van der Waals surface area contributed by atoms with E-state index in [4.69, 9.17) is 0 Å². The number of hydrogen-bond acceptors (Lipinski definition) is 5. The minimum absolute atomic E-state index is 0. The summed E-state index contributed by atoms with van der Waals surface area (Å²) in [6.45, 7) is 7.52. The predicted molar refractivity (Wildman–Crippen MR) is 100 cm³/mol. The van der Waals surface area contributed by atoms with Crippen LogP contribution in [0.25, 0.3) is 0 Å². The number of rotatable bonds is 3. The van der Waals surface area contributed by atoms with Crippen LogP contribution >= 0.6 is 0 Å². The molecule has 3 rings (SSSR count). The third-order valence-corrected chi connectivity index (χ3v) is 7.73. The number of aliphatic carboxylic acids is 1. The van der Waals surface area contributed by atoms with Crippen LogP contribution in [0.4, 0.5) is 0 Å². The summed E-state index contributed by atoms with van der Waals surface area (Å²) in [5.41, 5.74) is 1.04. The molecule has 1 aromatic carbocycles. The van der Waals surface area contributed by atoms with E-state index in [1.165, 1.54) is 0 Å². The van der Waals surface area contributed by atoms with Gasteiger partial charge in [-0.3, -0.25) is 0 Å². The first-order valence-electron chi connectivity index (χ1n) is 9.26. The van der Waals surface area contributed by atoms with Crippen molar-refractivity contribution in [2.45, 2.75) is 76.0 Å². The Morgan fingerprint density at radius 3 is 2.37 bits per heavy atom. The maximum Gasteiger partial charge on any atom is 2.00 e. The summed E-state index contributed by atoms with van der Waals surface area (Å²) >= 11 is 0. The zero-order chi connectivity index (χ0) is 19.5. The van der Waals surface area contributed by atoms with E-state index in [-0.39, 0.29) is 54.5 Å². The molecule has 0 saturated heterocycles. The summed E-state index contributed by atoms with van der Waals surface area (Å²) in [6, 6.07) is 3.40. The van der Waals surface area contributed by atoms with Crippen LogP contribution in [-0.2, 0) is 26.7 Å².